The summed E-state index contributed by atoms with van der Waals surface area (Å²) in [7, 11) is 0. The lowest BCUT2D eigenvalue weighted by atomic mass is 10.3. The van der Waals surface area contributed by atoms with Gasteiger partial charge in [0.15, 0.2) is 0 Å². The first-order chi connectivity index (χ1) is 7.93. The third-order valence-corrected chi connectivity index (χ3v) is 2.78. The van der Waals surface area contributed by atoms with E-state index in [-0.39, 0.29) is 0 Å². The number of hydrogen-bond acceptors (Lipinski definition) is 2. The molecule has 0 N–H and O–H groups in total. The van der Waals surface area contributed by atoms with E-state index < -0.39 is 0 Å². The molecule has 0 amide bonds. The highest BCUT2D eigenvalue weighted by Crippen LogP contribution is 2.36. The minimum atomic E-state index is 0.740. The third kappa shape index (κ3) is 0.839. The maximum absolute atomic E-state index is 4.48. The van der Waals surface area contributed by atoms with E-state index in [4.69, 9.17) is 0 Å². The topological polar surface area (TPSA) is 44.8 Å². The summed E-state index contributed by atoms with van der Waals surface area (Å²) in [6, 6.07) is 9.93. The van der Waals surface area contributed by atoms with Gasteiger partial charge in [-0.15, -0.1) is 0 Å². The Bertz CT molecular complexity index is 699. The maximum Gasteiger partial charge on any atom is 0.236 e. The Labute approximate surface area is 91.6 Å². The van der Waals surface area contributed by atoms with Crippen molar-refractivity contribution in [3.8, 4) is 5.69 Å². The number of imidazole rings is 1. The van der Waals surface area contributed by atoms with Crippen molar-refractivity contribution in [3.63, 3.8) is 0 Å². The Kier molecular flexibility index (Phi) is 1.28. The third-order valence-electron chi connectivity index (χ3n) is 2.78. The summed E-state index contributed by atoms with van der Waals surface area (Å²) in [6.45, 7) is 0. The zero-order valence-electron chi connectivity index (χ0n) is 8.33. The number of aromatic nitrogens is 3. The van der Waals surface area contributed by atoms with Crippen molar-refractivity contribution in [3.05, 3.63) is 42.7 Å². The van der Waals surface area contributed by atoms with E-state index in [0.29, 0.717) is 0 Å². The molecule has 3 aromatic rings. The molecule has 0 saturated carbocycles. The van der Waals surface area contributed by atoms with Crippen LogP contribution in [0.1, 0.15) is 0 Å². The molecule has 0 atom stereocenters. The zero-order valence-corrected chi connectivity index (χ0v) is 8.33. The van der Waals surface area contributed by atoms with Gasteiger partial charge in [-0.3, -0.25) is 9.55 Å². The Hall–Kier alpha value is -2.36. The van der Waals surface area contributed by atoms with Crippen LogP contribution in [0.15, 0.2) is 42.7 Å². The molecule has 75 valence electrons. The minimum absolute atomic E-state index is 0.740. The van der Waals surface area contributed by atoms with Gasteiger partial charge < -0.3 is 0 Å². The Morgan fingerprint density at radius 2 is 2.00 bits per heavy atom. The molecule has 3 heterocycles. The van der Waals surface area contributed by atoms with Gasteiger partial charge in [-0.2, -0.15) is 0 Å². The summed E-state index contributed by atoms with van der Waals surface area (Å²) in [5.41, 5.74) is 3.98. The van der Waals surface area contributed by atoms with Crippen molar-refractivity contribution in [2.45, 2.75) is 0 Å². The first kappa shape index (κ1) is 7.87. The van der Waals surface area contributed by atoms with Gasteiger partial charge in [0, 0.05) is 6.20 Å². The number of nitrogens with zero attached hydrogens (tertiary/aromatic N) is 4. The molecular formula is C12H7N4. The van der Waals surface area contributed by atoms with Gasteiger partial charge in [-0.1, -0.05) is 12.1 Å². The van der Waals surface area contributed by atoms with Crippen molar-refractivity contribution in [2.24, 2.45) is 0 Å². The zero-order chi connectivity index (χ0) is 10.5. The predicted octanol–water partition coefficient (Wildman–Crippen LogP) is 2.30. The van der Waals surface area contributed by atoms with Gasteiger partial charge in [-0.25, -0.2) is 10.3 Å². The van der Waals surface area contributed by atoms with Gasteiger partial charge in [0.05, 0.1) is 28.6 Å². The second-order valence-corrected chi connectivity index (χ2v) is 3.71. The molecule has 2 aromatic heterocycles. The summed E-state index contributed by atoms with van der Waals surface area (Å²) in [4.78, 5) is 8.61. The first-order valence-corrected chi connectivity index (χ1v) is 5.07. The Morgan fingerprint density at radius 1 is 1.06 bits per heavy atom. The van der Waals surface area contributed by atoms with Gasteiger partial charge >= 0.3 is 0 Å². The standard InChI is InChI=1S/C12H7N4/c1-2-4-10-8(3-1)14-12-15-9-5-6-13-7-11(9)16(10)12/h1-7H. The summed E-state index contributed by atoms with van der Waals surface area (Å²) >= 11 is 0. The Morgan fingerprint density at radius 3 is 3.00 bits per heavy atom. The summed E-state index contributed by atoms with van der Waals surface area (Å²) < 4.78 is 2.04. The van der Waals surface area contributed by atoms with Crippen LogP contribution in [0.25, 0.3) is 16.7 Å². The molecule has 0 fully saturated rings. The molecule has 1 aliphatic rings. The van der Waals surface area contributed by atoms with E-state index in [0.717, 1.165) is 28.4 Å². The molecule has 0 aliphatic carbocycles. The molecule has 0 unspecified atom stereocenters. The predicted molar refractivity (Wildman–Crippen MR) is 60.3 cm³/mol. The lowest BCUT2D eigenvalue weighted by Gasteiger charge is -1.99. The molecular weight excluding hydrogens is 200 g/mol. The molecule has 0 saturated heterocycles. The van der Waals surface area contributed by atoms with Crippen LogP contribution >= 0.6 is 0 Å². The van der Waals surface area contributed by atoms with Crippen molar-refractivity contribution in [1.82, 2.24) is 19.9 Å². The van der Waals surface area contributed by atoms with E-state index in [1.54, 1.807) is 6.20 Å². The minimum Gasteiger partial charge on any atom is -0.273 e. The van der Waals surface area contributed by atoms with Crippen LogP contribution < -0.4 is 5.32 Å². The normalized spacial score (nSPS) is 12.2. The fourth-order valence-electron chi connectivity index (χ4n) is 2.08. The first-order valence-electron chi connectivity index (χ1n) is 5.07. The summed E-state index contributed by atoms with van der Waals surface area (Å²) in [5, 5.41) is 4.46. The van der Waals surface area contributed by atoms with E-state index in [1.165, 1.54) is 0 Å². The van der Waals surface area contributed by atoms with Crippen LogP contribution in [0.5, 0.6) is 0 Å². The number of rotatable bonds is 0. The molecule has 0 bridgehead atoms. The van der Waals surface area contributed by atoms with Crippen LogP contribution in [0, 0.1) is 0 Å². The van der Waals surface area contributed by atoms with Crippen molar-refractivity contribution in [1.29, 1.82) is 0 Å². The van der Waals surface area contributed by atoms with E-state index in [2.05, 4.69) is 15.3 Å². The highest BCUT2D eigenvalue weighted by Gasteiger charge is 2.23. The fourth-order valence-corrected chi connectivity index (χ4v) is 2.08. The average molecular weight is 207 g/mol. The largest absolute Gasteiger partial charge is 0.273 e. The molecule has 4 nitrogen and oxygen atoms in total. The fraction of sp³-hybridized carbons (Fsp3) is 0. The second-order valence-electron chi connectivity index (χ2n) is 3.71. The smallest absolute Gasteiger partial charge is 0.236 e. The number of benzene rings is 1. The SMILES string of the molecule is c1ccc2c(c1)nc1n2-c2cnccc2[N]1. The average Bonchev–Trinajstić information content (AvgIpc) is 2.83. The van der Waals surface area contributed by atoms with E-state index >= 15 is 0 Å². The number of pyridine rings is 1. The van der Waals surface area contributed by atoms with Gasteiger partial charge in [0.1, 0.15) is 0 Å². The number of fused-ring (bicyclic) bond motifs is 5. The highest BCUT2D eigenvalue weighted by atomic mass is 15.3. The van der Waals surface area contributed by atoms with Gasteiger partial charge in [0.25, 0.3) is 0 Å². The molecule has 1 aromatic carbocycles. The highest BCUT2D eigenvalue weighted by molar-refractivity contribution is 5.84. The molecule has 16 heavy (non-hydrogen) atoms. The number of para-hydroxylation sites is 2. The second kappa shape index (κ2) is 2.61. The van der Waals surface area contributed by atoms with Crippen LogP contribution in [-0.2, 0) is 0 Å². The van der Waals surface area contributed by atoms with Gasteiger partial charge in [0.2, 0.25) is 5.95 Å². The van der Waals surface area contributed by atoms with Crippen LogP contribution in [0.3, 0.4) is 0 Å². The molecule has 1 radical (unpaired) electrons. The monoisotopic (exact) mass is 207 g/mol. The van der Waals surface area contributed by atoms with Crippen LogP contribution in [0.2, 0.25) is 0 Å². The van der Waals surface area contributed by atoms with E-state index in [1.807, 2.05) is 41.1 Å². The lowest BCUT2D eigenvalue weighted by Crippen LogP contribution is -1.88. The molecule has 4 rings (SSSR count). The van der Waals surface area contributed by atoms with Crippen molar-refractivity contribution < 1.29 is 0 Å². The Balaban J connectivity index is 2.15. The molecule has 4 heteroatoms. The van der Waals surface area contributed by atoms with Crippen LogP contribution in [0.4, 0.5) is 11.6 Å². The van der Waals surface area contributed by atoms with Crippen molar-refractivity contribution in [2.75, 3.05) is 0 Å². The van der Waals surface area contributed by atoms with Crippen LogP contribution in [-0.4, -0.2) is 14.5 Å². The number of hydrogen-bond donors (Lipinski definition) is 0. The molecule has 1 aliphatic heterocycles. The van der Waals surface area contributed by atoms with Gasteiger partial charge in [-0.05, 0) is 18.2 Å². The lowest BCUT2D eigenvalue weighted by molar-refractivity contribution is 1.07. The molecule has 0 spiro atoms. The summed E-state index contributed by atoms with van der Waals surface area (Å²) in [6.07, 6.45) is 3.57. The van der Waals surface area contributed by atoms with E-state index in [9.17, 15) is 0 Å². The van der Waals surface area contributed by atoms with Crippen molar-refractivity contribution >= 4 is 22.7 Å². The maximum atomic E-state index is 4.48. The quantitative estimate of drug-likeness (QED) is 0.444. The summed E-state index contributed by atoms with van der Waals surface area (Å²) in [5.74, 6) is 0.740.